The number of unbranched alkanes of at least 4 members (excludes halogenated alkanes) is 1. The molecule has 0 spiro atoms. The normalized spacial score (nSPS) is 11.2. The van der Waals surface area contributed by atoms with Gasteiger partial charge in [-0.25, -0.2) is 8.42 Å². The maximum absolute atomic E-state index is 11.7. The number of benzene rings is 1. The molecule has 2 aromatic rings. The predicted molar refractivity (Wildman–Crippen MR) is 88.7 cm³/mol. The van der Waals surface area contributed by atoms with Crippen molar-refractivity contribution in [3.63, 3.8) is 0 Å². The lowest BCUT2D eigenvalue weighted by Gasteiger charge is -2.06. The minimum atomic E-state index is -3.35. The molecule has 1 N–H and O–H groups in total. The fraction of sp³-hybridized carbons (Fsp3) is 0.312. The van der Waals surface area contributed by atoms with E-state index in [0.717, 1.165) is 30.3 Å². The minimum Gasteiger partial charge on any atom is -0.326 e. The van der Waals surface area contributed by atoms with Crippen molar-refractivity contribution in [1.82, 2.24) is 10.2 Å². The SMILES string of the molecule is CCCCC(=O)Nc1ccc(-c2ccc(S(C)(=O)=O)nn2)cc1. The maximum Gasteiger partial charge on any atom is 0.224 e. The number of hydrogen-bond acceptors (Lipinski definition) is 5. The van der Waals surface area contributed by atoms with Crippen LogP contribution in [0.1, 0.15) is 26.2 Å². The smallest absolute Gasteiger partial charge is 0.224 e. The van der Waals surface area contributed by atoms with E-state index in [4.69, 9.17) is 0 Å². The Kier molecular flexibility index (Phi) is 5.44. The number of amides is 1. The number of sulfone groups is 1. The average molecular weight is 333 g/mol. The first kappa shape index (κ1) is 17.1. The van der Waals surface area contributed by atoms with Crippen LogP contribution >= 0.6 is 0 Å². The van der Waals surface area contributed by atoms with Gasteiger partial charge in [-0.1, -0.05) is 25.5 Å². The van der Waals surface area contributed by atoms with Crippen LogP contribution in [0.5, 0.6) is 0 Å². The summed E-state index contributed by atoms with van der Waals surface area (Å²) >= 11 is 0. The number of carbonyl (C=O) groups excluding carboxylic acids is 1. The van der Waals surface area contributed by atoms with E-state index in [-0.39, 0.29) is 10.9 Å². The van der Waals surface area contributed by atoms with E-state index >= 15 is 0 Å². The third-order valence-corrected chi connectivity index (χ3v) is 4.22. The molecule has 0 saturated carbocycles. The van der Waals surface area contributed by atoms with Gasteiger partial charge in [0.2, 0.25) is 5.91 Å². The van der Waals surface area contributed by atoms with Gasteiger partial charge in [-0.15, -0.1) is 10.2 Å². The molecule has 6 nitrogen and oxygen atoms in total. The Morgan fingerprint density at radius 3 is 2.30 bits per heavy atom. The van der Waals surface area contributed by atoms with Crippen LogP contribution < -0.4 is 5.32 Å². The van der Waals surface area contributed by atoms with Crippen molar-refractivity contribution in [3.8, 4) is 11.3 Å². The van der Waals surface area contributed by atoms with E-state index < -0.39 is 9.84 Å². The molecule has 23 heavy (non-hydrogen) atoms. The van der Waals surface area contributed by atoms with Crippen molar-refractivity contribution in [2.24, 2.45) is 0 Å². The molecule has 1 aromatic heterocycles. The average Bonchev–Trinajstić information content (AvgIpc) is 2.53. The molecule has 7 heteroatoms. The Labute approximate surface area is 135 Å². The lowest BCUT2D eigenvalue weighted by atomic mass is 10.1. The van der Waals surface area contributed by atoms with Gasteiger partial charge in [0.15, 0.2) is 14.9 Å². The molecule has 1 amide bonds. The third-order valence-electron chi connectivity index (χ3n) is 3.24. The van der Waals surface area contributed by atoms with Crippen molar-refractivity contribution in [3.05, 3.63) is 36.4 Å². The highest BCUT2D eigenvalue weighted by Crippen LogP contribution is 2.20. The van der Waals surface area contributed by atoms with Gasteiger partial charge in [0, 0.05) is 23.9 Å². The molecular formula is C16H19N3O3S. The molecule has 0 saturated heterocycles. The Morgan fingerprint density at radius 2 is 1.78 bits per heavy atom. The molecule has 2 rings (SSSR count). The van der Waals surface area contributed by atoms with Crippen molar-refractivity contribution in [2.45, 2.75) is 31.2 Å². The fourth-order valence-corrected chi connectivity index (χ4v) is 2.46. The lowest BCUT2D eigenvalue weighted by molar-refractivity contribution is -0.116. The zero-order chi connectivity index (χ0) is 16.9. The van der Waals surface area contributed by atoms with Crippen LogP contribution in [0.2, 0.25) is 0 Å². The first-order valence-electron chi connectivity index (χ1n) is 7.34. The zero-order valence-corrected chi connectivity index (χ0v) is 13.9. The van der Waals surface area contributed by atoms with Gasteiger partial charge in [0.1, 0.15) is 0 Å². The number of nitrogens with zero attached hydrogens (tertiary/aromatic N) is 2. The van der Waals surface area contributed by atoms with Crippen LogP contribution in [0.15, 0.2) is 41.4 Å². The second-order valence-corrected chi connectivity index (χ2v) is 7.22. The molecule has 0 unspecified atom stereocenters. The van der Waals surface area contributed by atoms with Crippen LogP contribution in [-0.2, 0) is 14.6 Å². The Morgan fingerprint density at radius 1 is 1.09 bits per heavy atom. The standard InChI is InChI=1S/C16H19N3O3S/c1-3-4-5-15(20)17-13-8-6-12(7-9-13)14-10-11-16(19-18-14)23(2,21)22/h6-11H,3-5H2,1-2H3,(H,17,20). The molecule has 0 atom stereocenters. The van der Waals surface area contributed by atoms with E-state index in [2.05, 4.69) is 15.5 Å². The monoisotopic (exact) mass is 333 g/mol. The van der Waals surface area contributed by atoms with Crippen molar-refractivity contribution >= 4 is 21.4 Å². The number of nitrogens with one attached hydrogen (secondary N) is 1. The fourth-order valence-electron chi connectivity index (χ4n) is 1.96. The third kappa shape index (κ3) is 4.85. The number of anilines is 1. The lowest BCUT2D eigenvalue weighted by Crippen LogP contribution is -2.10. The van der Waals surface area contributed by atoms with E-state index in [1.807, 2.05) is 6.92 Å². The second kappa shape index (κ2) is 7.32. The van der Waals surface area contributed by atoms with Crippen LogP contribution in [0, 0.1) is 0 Å². The molecule has 0 bridgehead atoms. The largest absolute Gasteiger partial charge is 0.326 e. The topological polar surface area (TPSA) is 89.0 Å². The van der Waals surface area contributed by atoms with E-state index in [1.165, 1.54) is 6.07 Å². The molecule has 1 heterocycles. The number of rotatable bonds is 6. The van der Waals surface area contributed by atoms with E-state index in [9.17, 15) is 13.2 Å². The number of aromatic nitrogens is 2. The molecule has 122 valence electrons. The summed E-state index contributed by atoms with van der Waals surface area (Å²) in [6.07, 6.45) is 3.45. The van der Waals surface area contributed by atoms with Gasteiger partial charge in [0.05, 0.1) is 5.69 Å². The molecule has 0 aliphatic rings. The Hall–Kier alpha value is -2.28. The van der Waals surface area contributed by atoms with Gasteiger partial charge in [-0.3, -0.25) is 4.79 Å². The molecule has 0 aliphatic carbocycles. The summed E-state index contributed by atoms with van der Waals surface area (Å²) in [5.41, 5.74) is 2.08. The van der Waals surface area contributed by atoms with Gasteiger partial charge < -0.3 is 5.32 Å². The Bertz CT molecular complexity index is 769. The summed E-state index contributed by atoms with van der Waals surface area (Å²) in [4.78, 5) is 11.7. The molecule has 0 aliphatic heterocycles. The van der Waals surface area contributed by atoms with Crippen LogP contribution in [-0.4, -0.2) is 30.8 Å². The number of carbonyl (C=O) groups is 1. The van der Waals surface area contributed by atoms with Gasteiger partial charge in [-0.2, -0.15) is 0 Å². The maximum atomic E-state index is 11.7. The molecule has 0 fully saturated rings. The summed E-state index contributed by atoms with van der Waals surface area (Å²) in [7, 11) is -3.35. The van der Waals surface area contributed by atoms with Crippen molar-refractivity contribution < 1.29 is 13.2 Å². The summed E-state index contributed by atoms with van der Waals surface area (Å²) in [5.74, 6) is -0.00287. The quantitative estimate of drug-likeness (QED) is 0.878. The highest BCUT2D eigenvalue weighted by molar-refractivity contribution is 7.90. The van der Waals surface area contributed by atoms with Crippen LogP contribution in [0.25, 0.3) is 11.3 Å². The Balaban J connectivity index is 2.09. The highest BCUT2D eigenvalue weighted by Gasteiger charge is 2.10. The summed E-state index contributed by atoms with van der Waals surface area (Å²) in [6, 6.07) is 10.2. The van der Waals surface area contributed by atoms with Crippen LogP contribution in [0.4, 0.5) is 5.69 Å². The summed E-state index contributed by atoms with van der Waals surface area (Å²) in [5, 5.41) is 10.4. The molecule has 1 aromatic carbocycles. The van der Waals surface area contributed by atoms with Crippen molar-refractivity contribution in [2.75, 3.05) is 11.6 Å². The minimum absolute atomic E-state index is 0.00287. The highest BCUT2D eigenvalue weighted by atomic mass is 32.2. The van der Waals surface area contributed by atoms with Crippen molar-refractivity contribution in [1.29, 1.82) is 0 Å². The second-order valence-electron chi connectivity index (χ2n) is 5.26. The van der Waals surface area contributed by atoms with Gasteiger partial charge in [-0.05, 0) is 30.7 Å². The predicted octanol–water partition coefficient (Wildman–Crippen LogP) is 2.68. The van der Waals surface area contributed by atoms with Gasteiger partial charge >= 0.3 is 0 Å². The van der Waals surface area contributed by atoms with Gasteiger partial charge in [0.25, 0.3) is 0 Å². The van der Waals surface area contributed by atoms with E-state index in [1.54, 1.807) is 30.3 Å². The number of hydrogen-bond donors (Lipinski definition) is 1. The zero-order valence-electron chi connectivity index (χ0n) is 13.1. The molecule has 0 radical (unpaired) electrons. The van der Waals surface area contributed by atoms with E-state index in [0.29, 0.717) is 12.1 Å². The first-order valence-corrected chi connectivity index (χ1v) is 9.23. The van der Waals surface area contributed by atoms with Crippen LogP contribution in [0.3, 0.4) is 0 Å². The molecular weight excluding hydrogens is 314 g/mol. The summed E-state index contributed by atoms with van der Waals surface area (Å²) < 4.78 is 22.7. The summed E-state index contributed by atoms with van der Waals surface area (Å²) in [6.45, 7) is 2.04. The first-order chi connectivity index (χ1) is 10.9.